The number of nitrogens with one attached hydrogen (secondary N) is 1. The van der Waals surface area contributed by atoms with Crippen LogP contribution in [0.25, 0.3) is 0 Å². The number of carbonyl (C=O) groups is 1. The largest absolute Gasteiger partial charge is 0.492 e. The third-order valence-corrected chi connectivity index (χ3v) is 4.91. The van der Waals surface area contributed by atoms with Gasteiger partial charge in [-0.2, -0.15) is 0 Å². The average Bonchev–Trinajstić information content (AvgIpc) is 2.60. The smallest absolute Gasteiger partial charge is 0.317 e. The summed E-state index contributed by atoms with van der Waals surface area (Å²) in [4.78, 5) is 13.9. The Morgan fingerprint density at radius 3 is 2.57 bits per heavy atom. The van der Waals surface area contributed by atoms with Crippen LogP contribution in [0.3, 0.4) is 0 Å². The number of hydrogen-bond acceptors (Lipinski definition) is 3. The second-order valence-corrected chi connectivity index (χ2v) is 6.47. The van der Waals surface area contributed by atoms with Crippen molar-refractivity contribution in [3.8, 4) is 5.75 Å². The normalized spacial score (nSPS) is 16.9. The van der Waals surface area contributed by atoms with Gasteiger partial charge in [0.25, 0.3) is 0 Å². The van der Waals surface area contributed by atoms with E-state index in [1.54, 1.807) is 24.3 Å². The van der Waals surface area contributed by atoms with Crippen molar-refractivity contribution in [2.45, 2.75) is 26.2 Å². The number of amides is 2. The Morgan fingerprint density at radius 1 is 1.35 bits per heavy atom. The molecule has 1 aliphatic rings. The summed E-state index contributed by atoms with van der Waals surface area (Å²) in [6.07, 6.45) is 2.66. The molecule has 0 aliphatic carbocycles. The van der Waals surface area contributed by atoms with Crippen molar-refractivity contribution in [3.05, 3.63) is 29.3 Å². The zero-order valence-electron chi connectivity index (χ0n) is 13.6. The molecule has 1 aromatic carbocycles. The first-order valence-corrected chi connectivity index (χ1v) is 8.48. The summed E-state index contributed by atoms with van der Waals surface area (Å²) in [5.74, 6) is 0.734. The Kier molecular flexibility index (Phi) is 6.54. The SMILES string of the molecule is CCC1(CO)CCN(C(=O)NCCOc2ccc(Cl)cc2)CC1. The number of urea groups is 1. The van der Waals surface area contributed by atoms with E-state index in [-0.39, 0.29) is 18.1 Å². The topological polar surface area (TPSA) is 61.8 Å². The average molecular weight is 341 g/mol. The van der Waals surface area contributed by atoms with Gasteiger partial charge in [-0.1, -0.05) is 18.5 Å². The first kappa shape index (κ1) is 17.9. The molecule has 2 rings (SSSR count). The summed E-state index contributed by atoms with van der Waals surface area (Å²) < 4.78 is 5.54. The minimum Gasteiger partial charge on any atom is -0.492 e. The van der Waals surface area contributed by atoms with Crippen LogP contribution in [0.1, 0.15) is 26.2 Å². The lowest BCUT2D eigenvalue weighted by molar-refractivity contribution is 0.0518. The van der Waals surface area contributed by atoms with Crippen LogP contribution in [-0.2, 0) is 0 Å². The molecular formula is C17H25ClN2O3. The molecule has 1 aromatic rings. The van der Waals surface area contributed by atoms with E-state index in [1.165, 1.54) is 0 Å². The fraction of sp³-hybridized carbons (Fsp3) is 0.588. The molecule has 1 aliphatic heterocycles. The molecule has 1 fully saturated rings. The zero-order chi connectivity index (χ0) is 16.7. The highest BCUT2D eigenvalue weighted by molar-refractivity contribution is 6.30. The van der Waals surface area contributed by atoms with Crippen LogP contribution in [0.15, 0.2) is 24.3 Å². The van der Waals surface area contributed by atoms with Gasteiger partial charge >= 0.3 is 6.03 Å². The van der Waals surface area contributed by atoms with Gasteiger partial charge in [-0.15, -0.1) is 0 Å². The highest BCUT2D eigenvalue weighted by Gasteiger charge is 2.33. The number of hydrogen-bond donors (Lipinski definition) is 2. The minimum absolute atomic E-state index is 0.00548. The van der Waals surface area contributed by atoms with E-state index in [0.29, 0.717) is 31.3 Å². The molecule has 128 valence electrons. The lowest BCUT2D eigenvalue weighted by Crippen LogP contribution is -2.48. The predicted octanol–water partition coefficient (Wildman–Crippen LogP) is 2.91. The number of likely N-dealkylation sites (tertiary alicyclic amines) is 1. The summed E-state index contributed by atoms with van der Waals surface area (Å²) >= 11 is 5.81. The van der Waals surface area contributed by atoms with E-state index < -0.39 is 0 Å². The molecule has 2 amide bonds. The van der Waals surface area contributed by atoms with Crippen molar-refractivity contribution in [2.75, 3.05) is 32.8 Å². The Bertz CT molecular complexity index is 493. The van der Waals surface area contributed by atoms with Crippen molar-refractivity contribution in [2.24, 2.45) is 5.41 Å². The van der Waals surface area contributed by atoms with Crippen molar-refractivity contribution < 1.29 is 14.6 Å². The van der Waals surface area contributed by atoms with Gasteiger partial charge in [0.1, 0.15) is 12.4 Å². The van der Waals surface area contributed by atoms with Gasteiger partial charge in [0.2, 0.25) is 0 Å². The minimum atomic E-state index is -0.0626. The van der Waals surface area contributed by atoms with Crippen molar-refractivity contribution in [1.82, 2.24) is 10.2 Å². The number of halogens is 1. The molecule has 0 unspecified atom stereocenters. The van der Waals surface area contributed by atoms with Crippen molar-refractivity contribution >= 4 is 17.6 Å². The molecule has 2 N–H and O–H groups in total. The Balaban J connectivity index is 1.66. The van der Waals surface area contributed by atoms with E-state index in [2.05, 4.69) is 12.2 Å². The summed E-state index contributed by atoms with van der Waals surface area (Å²) in [7, 11) is 0. The second kappa shape index (κ2) is 8.41. The van der Waals surface area contributed by atoms with Gasteiger partial charge < -0.3 is 20.1 Å². The maximum absolute atomic E-state index is 12.1. The van der Waals surface area contributed by atoms with Crippen LogP contribution < -0.4 is 10.1 Å². The molecule has 0 spiro atoms. The van der Waals surface area contributed by atoms with Crippen LogP contribution in [-0.4, -0.2) is 48.9 Å². The summed E-state index contributed by atoms with van der Waals surface area (Å²) in [6, 6.07) is 7.07. The number of rotatable bonds is 6. The van der Waals surface area contributed by atoms with Crippen molar-refractivity contribution in [3.63, 3.8) is 0 Å². The molecule has 5 nitrogen and oxygen atoms in total. The monoisotopic (exact) mass is 340 g/mol. The number of aliphatic hydroxyl groups is 1. The number of piperidine rings is 1. The van der Waals surface area contributed by atoms with Crippen molar-refractivity contribution in [1.29, 1.82) is 0 Å². The Morgan fingerprint density at radius 2 is 2.00 bits per heavy atom. The number of nitrogens with zero attached hydrogens (tertiary/aromatic N) is 1. The van der Waals surface area contributed by atoms with Crippen LogP contribution in [0.4, 0.5) is 4.79 Å². The van der Waals surface area contributed by atoms with Gasteiger partial charge in [0, 0.05) is 24.7 Å². The number of benzene rings is 1. The lowest BCUT2D eigenvalue weighted by Gasteiger charge is -2.40. The van der Waals surface area contributed by atoms with Gasteiger partial charge in [0.15, 0.2) is 0 Å². The van der Waals surface area contributed by atoms with Gasteiger partial charge in [-0.3, -0.25) is 0 Å². The molecule has 0 radical (unpaired) electrons. The highest BCUT2D eigenvalue weighted by Crippen LogP contribution is 2.34. The zero-order valence-corrected chi connectivity index (χ0v) is 14.3. The predicted molar refractivity (Wildman–Crippen MR) is 91.0 cm³/mol. The van der Waals surface area contributed by atoms with Gasteiger partial charge in [-0.25, -0.2) is 4.79 Å². The maximum atomic E-state index is 12.1. The maximum Gasteiger partial charge on any atom is 0.317 e. The van der Waals surface area contributed by atoms with E-state index in [4.69, 9.17) is 16.3 Å². The van der Waals surface area contributed by atoms with E-state index in [0.717, 1.165) is 25.0 Å². The number of aliphatic hydroxyl groups excluding tert-OH is 1. The van der Waals surface area contributed by atoms with Crippen LogP contribution >= 0.6 is 11.6 Å². The summed E-state index contributed by atoms with van der Waals surface area (Å²) in [5, 5.41) is 13.1. The van der Waals surface area contributed by atoms with E-state index in [9.17, 15) is 9.90 Å². The Hall–Kier alpha value is -1.46. The van der Waals surface area contributed by atoms with Crippen LogP contribution in [0.2, 0.25) is 5.02 Å². The number of ether oxygens (including phenoxy) is 1. The van der Waals surface area contributed by atoms with E-state index in [1.807, 2.05) is 4.90 Å². The molecule has 1 heterocycles. The Labute approximate surface area is 142 Å². The molecule has 6 heteroatoms. The van der Waals surface area contributed by atoms with Crippen LogP contribution in [0.5, 0.6) is 5.75 Å². The third kappa shape index (κ3) is 5.01. The number of carbonyl (C=O) groups excluding carboxylic acids is 1. The summed E-state index contributed by atoms with van der Waals surface area (Å²) in [5.41, 5.74) is -0.00548. The lowest BCUT2D eigenvalue weighted by atomic mass is 9.77. The molecule has 0 bridgehead atoms. The van der Waals surface area contributed by atoms with Gasteiger partial charge in [-0.05, 0) is 48.9 Å². The third-order valence-electron chi connectivity index (χ3n) is 4.66. The quantitative estimate of drug-likeness (QED) is 0.783. The molecular weight excluding hydrogens is 316 g/mol. The molecule has 0 saturated carbocycles. The molecule has 0 aromatic heterocycles. The van der Waals surface area contributed by atoms with Gasteiger partial charge in [0.05, 0.1) is 6.54 Å². The molecule has 1 saturated heterocycles. The van der Waals surface area contributed by atoms with Crippen LogP contribution in [0, 0.1) is 5.41 Å². The first-order valence-electron chi connectivity index (χ1n) is 8.10. The molecule has 0 atom stereocenters. The molecule has 23 heavy (non-hydrogen) atoms. The second-order valence-electron chi connectivity index (χ2n) is 6.03. The first-order chi connectivity index (χ1) is 11.1. The van der Waals surface area contributed by atoms with E-state index >= 15 is 0 Å². The fourth-order valence-corrected chi connectivity index (χ4v) is 2.90. The highest BCUT2D eigenvalue weighted by atomic mass is 35.5. The standard InChI is InChI=1S/C17H25ClN2O3/c1-2-17(13-21)7-10-20(11-8-17)16(22)19-9-12-23-15-5-3-14(18)4-6-15/h3-6,21H,2,7-13H2,1H3,(H,19,22). The summed E-state index contributed by atoms with van der Waals surface area (Å²) in [6.45, 7) is 4.55. The fourth-order valence-electron chi connectivity index (χ4n) is 2.78.